The maximum absolute atomic E-state index is 11.8. The molecule has 0 bridgehead atoms. The molecule has 1 aromatic carbocycles. The number of nitrogens with zero attached hydrogens (tertiary/aromatic N) is 1. The van der Waals surface area contributed by atoms with Crippen LogP contribution in [0.15, 0.2) is 42.6 Å². The van der Waals surface area contributed by atoms with Gasteiger partial charge in [-0.15, -0.1) is 0 Å². The number of nitrogens with one attached hydrogen (secondary N) is 2. The lowest BCUT2D eigenvalue weighted by molar-refractivity contribution is -0.115. The molecular formula is C15H14ClN3O2. The minimum atomic E-state index is -0.357. The quantitative estimate of drug-likeness (QED) is 0.911. The Morgan fingerprint density at radius 2 is 2.05 bits per heavy atom. The molecule has 2 aromatic rings. The molecule has 1 heterocycles. The van der Waals surface area contributed by atoms with Crippen molar-refractivity contribution in [2.45, 2.75) is 6.92 Å². The largest absolute Gasteiger partial charge is 0.343 e. The Labute approximate surface area is 127 Å². The van der Waals surface area contributed by atoms with E-state index < -0.39 is 0 Å². The van der Waals surface area contributed by atoms with Crippen molar-refractivity contribution in [2.75, 3.05) is 11.9 Å². The molecule has 5 nitrogen and oxygen atoms in total. The average molecular weight is 304 g/mol. The Hall–Kier alpha value is -2.40. The molecule has 0 saturated carbocycles. The number of anilines is 1. The minimum Gasteiger partial charge on any atom is -0.343 e. The molecule has 0 aliphatic rings. The first kappa shape index (κ1) is 15.0. The van der Waals surface area contributed by atoms with Gasteiger partial charge >= 0.3 is 0 Å². The van der Waals surface area contributed by atoms with Crippen molar-refractivity contribution in [2.24, 2.45) is 0 Å². The Balaban J connectivity index is 1.88. The average Bonchev–Trinajstić information content (AvgIpc) is 2.45. The maximum atomic E-state index is 11.8. The van der Waals surface area contributed by atoms with Crippen LogP contribution in [0.1, 0.15) is 15.9 Å². The summed E-state index contributed by atoms with van der Waals surface area (Å²) in [5.41, 5.74) is 1.40. The summed E-state index contributed by atoms with van der Waals surface area (Å²) in [5.74, 6) is -0.245. The lowest BCUT2D eigenvalue weighted by Crippen LogP contribution is -2.33. The smallest absolute Gasteiger partial charge is 0.251 e. The van der Waals surface area contributed by atoms with Crippen molar-refractivity contribution in [3.05, 3.63) is 58.7 Å². The Morgan fingerprint density at radius 1 is 1.24 bits per heavy atom. The van der Waals surface area contributed by atoms with Gasteiger partial charge in [-0.05, 0) is 42.8 Å². The first-order valence-corrected chi connectivity index (χ1v) is 6.68. The van der Waals surface area contributed by atoms with E-state index in [0.717, 1.165) is 5.56 Å². The molecule has 0 spiro atoms. The molecule has 1 aromatic heterocycles. The molecule has 2 amide bonds. The van der Waals surface area contributed by atoms with Gasteiger partial charge in [0.2, 0.25) is 5.91 Å². The number of amides is 2. The van der Waals surface area contributed by atoms with Gasteiger partial charge in [0.1, 0.15) is 5.82 Å². The zero-order valence-electron chi connectivity index (χ0n) is 11.4. The maximum Gasteiger partial charge on any atom is 0.251 e. The standard InChI is InChI=1S/C15H14ClN3O2/c1-10-5-6-17-13(7-10)19-14(20)9-18-15(21)11-3-2-4-12(16)8-11/h2-8H,9H2,1H3,(H,18,21)(H,17,19,20). The first-order chi connectivity index (χ1) is 10.0. The Kier molecular flexibility index (Phi) is 4.90. The minimum absolute atomic E-state index is 0.138. The highest BCUT2D eigenvalue weighted by Crippen LogP contribution is 2.10. The van der Waals surface area contributed by atoms with E-state index in [-0.39, 0.29) is 18.4 Å². The molecule has 0 atom stereocenters. The fourth-order valence-corrected chi connectivity index (χ4v) is 1.87. The normalized spacial score (nSPS) is 10.0. The monoisotopic (exact) mass is 303 g/mol. The van der Waals surface area contributed by atoms with E-state index >= 15 is 0 Å². The topological polar surface area (TPSA) is 71.1 Å². The summed E-state index contributed by atoms with van der Waals surface area (Å²) in [5, 5.41) is 5.60. The van der Waals surface area contributed by atoms with Crippen molar-refractivity contribution in [1.82, 2.24) is 10.3 Å². The van der Waals surface area contributed by atoms with Crippen LogP contribution >= 0.6 is 11.6 Å². The number of aryl methyl sites for hydroxylation is 1. The van der Waals surface area contributed by atoms with Crippen molar-refractivity contribution in [3.63, 3.8) is 0 Å². The highest BCUT2D eigenvalue weighted by atomic mass is 35.5. The number of pyridine rings is 1. The van der Waals surface area contributed by atoms with Crippen molar-refractivity contribution in [3.8, 4) is 0 Å². The third-order valence-electron chi connectivity index (χ3n) is 2.68. The second-order valence-electron chi connectivity index (χ2n) is 4.46. The number of benzene rings is 1. The summed E-state index contributed by atoms with van der Waals surface area (Å²) in [6.07, 6.45) is 1.61. The van der Waals surface area contributed by atoms with Crippen molar-refractivity contribution >= 4 is 29.2 Å². The molecule has 108 valence electrons. The van der Waals surface area contributed by atoms with Crippen LogP contribution in [-0.2, 0) is 4.79 Å². The van der Waals surface area contributed by atoms with E-state index in [2.05, 4.69) is 15.6 Å². The number of aromatic nitrogens is 1. The van der Waals surface area contributed by atoms with Crippen LogP contribution in [0.2, 0.25) is 5.02 Å². The second kappa shape index (κ2) is 6.85. The lowest BCUT2D eigenvalue weighted by atomic mass is 10.2. The number of carbonyl (C=O) groups excluding carboxylic acids is 2. The zero-order valence-corrected chi connectivity index (χ0v) is 12.1. The summed E-state index contributed by atoms with van der Waals surface area (Å²) in [6.45, 7) is 1.76. The summed E-state index contributed by atoms with van der Waals surface area (Å²) in [6, 6.07) is 10.1. The van der Waals surface area contributed by atoms with Crippen molar-refractivity contribution in [1.29, 1.82) is 0 Å². The van der Waals surface area contributed by atoms with Gasteiger partial charge in [-0.25, -0.2) is 4.98 Å². The number of hydrogen-bond acceptors (Lipinski definition) is 3. The zero-order chi connectivity index (χ0) is 15.2. The van der Waals surface area contributed by atoms with E-state index in [0.29, 0.717) is 16.4 Å². The van der Waals surface area contributed by atoms with Crippen LogP contribution in [0.25, 0.3) is 0 Å². The van der Waals surface area contributed by atoms with Gasteiger partial charge < -0.3 is 10.6 Å². The number of carbonyl (C=O) groups is 2. The molecule has 2 N–H and O–H groups in total. The van der Waals surface area contributed by atoms with Gasteiger partial charge in [0, 0.05) is 16.8 Å². The molecule has 6 heteroatoms. The van der Waals surface area contributed by atoms with Gasteiger partial charge in [-0.1, -0.05) is 17.7 Å². The Morgan fingerprint density at radius 3 is 2.76 bits per heavy atom. The second-order valence-corrected chi connectivity index (χ2v) is 4.90. The molecule has 0 aliphatic carbocycles. The molecule has 0 aliphatic heterocycles. The van der Waals surface area contributed by atoms with Gasteiger partial charge in [0.25, 0.3) is 5.91 Å². The predicted octanol–water partition coefficient (Wildman–Crippen LogP) is 2.41. The van der Waals surface area contributed by atoms with Crippen LogP contribution in [-0.4, -0.2) is 23.3 Å². The van der Waals surface area contributed by atoms with Gasteiger partial charge in [-0.3, -0.25) is 9.59 Å². The molecule has 0 saturated heterocycles. The van der Waals surface area contributed by atoms with Crippen LogP contribution < -0.4 is 10.6 Å². The van der Waals surface area contributed by atoms with E-state index in [1.165, 1.54) is 6.07 Å². The van der Waals surface area contributed by atoms with E-state index in [4.69, 9.17) is 11.6 Å². The molecule has 0 fully saturated rings. The third-order valence-corrected chi connectivity index (χ3v) is 2.91. The number of halogens is 1. The fraction of sp³-hybridized carbons (Fsp3) is 0.133. The van der Waals surface area contributed by atoms with Crippen LogP contribution in [0.5, 0.6) is 0 Å². The summed E-state index contributed by atoms with van der Waals surface area (Å²) in [4.78, 5) is 27.6. The van der Waals surface area contributed by atoms with Crippen LogP contribution in [0.3, 0.4) is 0 Å². The molecule has 0 radical (unpaired) electrons. The fourth-order valence-electron chi connectivity index (χ4n) is 1.68. The summed E-state index contributed by atoms with van der Waals surface area (Å²) < 4.78 is 0. The molecule has 0 unspecified atom stereocenters. The Bertz CT molecular complexity index is 673. The first-order valence-electron chi connectivity index (χ1n) is 6.31. The van der Waals surface area contributed by atoms with Gasteiger partial charge in [0.15, 0.2) is 0 Å². The van der Waals surface area contributed by atoms with Gasteiger partial charge in [0.05, 0.1) is 6.54 Å². The van der Waals surface area contributed by atoms with Crippen LogP contribution in [0, 0.1) is 6.92 Å². The number of rotatable bonds is 4. The van der Waals surface area contributed by atoms with E-state index in [9.17, 15) is 9.59 Å². The third kappa shape index (κ3) is 4.57. The molecular weight excluding hydrogens is 290 g/mol. The van der Waals surface area contributed by atoms with Crippen molar-refractivity contribution < 1.29 is 9.59 Å². The molecule has 21 heavy (non-hydrogen) atoms. The number of hydrogen-bond donors (Lipinski definition) is 2. The highest BCUT2D eigenvalue weighted by molar-refractivity contribution is 6.31. The van der Waals surface area contributed by atoms with E-state index in [1.54, 1.807) is 30.5 Å². The molecule has 2 rings (SSSR count). The van der Waals surface area contributed by atoms with Gasteiger partial charge in [-0.2, -0.15) is 0 Å². The summed E-state index contributed by atoms with van der Waals surface area (Å²) in [7, 11) is 0. The lowest BCUT2D eigenvalue weighted by Gasteiger charge is -2.07. The summed E-state index contributed by atoms with van der Waals surface area (Å²) >= 11 is 5.81. The SMILES string of the molecule is Cc1ccnc(NC(=O)CNC(=O)c2cccc(Cl)c2)c1. The van der Waals surface area contributed by atoms with E-state index in [1.807, 2.05) is 13.0 Å². The highest BCUT2D eigenvalue weighted by Gasteiger charge is 2.09. The predicted molar refractivity (Wildman–Crippen MR) is 81.4 cm³/mol. The van der Waals surface area contributed by atoms with Crippen LogP contribution in [0.4, 0.5) is 5.82 Å².